The molecule has 166 valence electrons. The lowest BCUT2D eigenvalue weighted by Crippen LogP contribution is -2.36. The number of carbonyl (C=O) groups is 1. The highest BCUT2D eigenvalue weighted by Crippen LogP contribution is 2.37. The number of anilines is 2. The summed E-state index contributed by atoms with van der Waals surface area (Å²) in [6.45, 7) is 4.57. The molecule has 0 radical (unpaired) electrons. The average Bonchev–Trinajstić information content (AvgIpc) is 3.56. The first kappa shape index (κ1) is 20.8. The highest BCUT2D eigenvalue weighted by molar-refractivity contribution is 7.92. The summed E-state index contributed by atoms with van der Waals surface area (Å²) < 4.78 is 30.5. The summed E-state index contributed by atoms with van der Waals surface area (Å²) in [4.78, 5) is 14.7. The molecular formula is C24H26N4O3S. The molecule has 1 N–H and O–H groups in total. The molecular weight excluding hydrogens is 424 g/mol. The number of hydrogen-bond donors (Lipinski definition) is 1. The molecule has 0 unspecified atom stereocenters. The molecule has 0 spiro atoms. The van der Waals surface area contributed by atoms with Gasteiger partial charge >= 0.3 is 0 Å². The summed E-state index contributed by atoms with van der Waals surface area (Å²) in [5.74, 6) is 0.285. The van der Waals surface area contributed by atoms with Gasteiger partial charge in [0.1, 0.15) is 0 Å². The van der Waals surface area contributed by atoms with Crippen molar-refractivity contribution >= 4 is 27.3 Å². The lowest BCUT2D eigenvalue weighted by atomic mass is 10.0. The summed E-state index contributed by atoms with van der Waals surface area (Å²) in [6, 6.07) is 14.1. The number of sulfonamides is 1. The van der Waals surface area contributed by atoms with Crippen LogP contribution in [0.4, 0.5) is 11.4 Å². The smallest absolute Gasteiger partial charge is 0.261 e. The van der Waals surface area contributed by atoms with E-state index in [0.717, 1.165) is 54.0 Å². The topological polar surface area (TPSA) is 84.3 Å². The molecule has 3 aromatic rings. The molecule has 2 aliphatic rings. The third kappa shape index (κ3) is 3.90. The summed E-state index contributed by atoms with van der Waals surface area (Å²) in [7, 11) is -3.77. The maximum atomic E-state index is 13.0. The van der Waals surface area contributed by atoms with E-state index in [4.69, 9.17) is 0 Å². The van der Waals surface area contributed by atoms with Crippen LogP contribution in [-0.4, -0.2) is 30.7 Å². The third-order valence-electron chi connectivity index (χ3n) is 6.05. The number of benzene rings is 2. The number of nitrogens with one attached hydrogen (secondary N) is 1. The molecule has 1 fully saturated rings. The number of rotatable bonds is 5. The molecule has 1 aliphatic heterocycles. The number of amides is 1. The average molecular weight is 451 g/mol. The predicted octanol–water partition coefficient (Wildman–Crippen LogP) is 3.98. The van der Waals surface area contributed by atoms with Crippen LogP contribution in [0.2, 0.25) is 0 Å². The van der Waals surface area contributed by atoms with Crippen LogP contribution in [0, 0.1) is 19.8 Å². The Hall–Kier alpha value is -3.13. The molecule has 1 saturated carbocycles. The zero-order valence-corrected chi connectivity index (χ0v) is 19.0. The standard InChI is InChI=1S/C24H26N4O3S/c1-16-14-17(2)28(25-16)21-9-11-22(12-10-21)32(30,31)26-20-8-7-18-4-3-13-27(23(18)15-20)24(29)19-5-6-19/h7-12,14-15,19,26H,3-6,13H2,1-2H3. The van der Waals surface area contributed by atoms with Gasteiger partial charge in [-0.1, -0.05) is 6.07 Å². The fraction of sp³-hybridized carbons (Fsp3) is 0.333. The Labute approximate surface area is 188 Å². The summed E-state index contributed by atoms with van der Waals surface area (Å²) in [5, 5.41) is 4.44. The van der Waals surface area contributed by atoms with E-state index in [1.165, 1.54) is 0 Å². The summed E-state index contributed by atoms with van der Waals surface area (Å²) >= 11 is 0. The van der Waals surface area contributed by atoms with Crippen molar-refractivity contribution < 1.29 is 13.2 Å². The second-order valence-corrected chi connectivity index (χ2v) is 10.3. The molecule has 2 heterocycles. The Kier molecular flexibility index (Phi) is 5.04. The number of aromatic nitrogens is 2. The van der Waals surface area contributed by atoms with Crippen molar-refractivity contribution in [2.45, 2.75) is 44.4 Å². The minimum absolute atomic E-state index is 0.127. The van der Waals surface area contributed by atoms with Crippen molar-refractivity contribution in [3.63, 3.8) is 0 Å². The van der Waals surface area contributed by atoms with Crippen LogP contribution < -0.4 is 9.62 Å². The number of hydrogen-bond acceptors (Lipinski definition) is 4. The van der Waals surface area contributed by atoms with E-state index in [2.05, 4.69) is 9.82 Å². The van der Waals surface area contributed by atoms with Crippen LogP contribution in [-0.2, 0) is 21.2 Å². The van der Waals surface area contributed by atoms with Gasteiger partial charge in [0.15, 0.2) is 0 Å². The Balaban J connectivity index is 1.39. The molecule has 1 amide bonds. The molecule has 8 heteroatoms. The van der Waals surface area contributed by atoms with E-state index in [1.807, 2.05) is 30.9 Å². The van der Waals surface area contributed by atoms with Crippen molar-refractivity contribution in [1.29, 1.82) is 0 Å². The SMILES string of the molecule is Cc1cc(C)n(-c2ccc(S(=O)(=O)Nc3ccc4c(c3)N(C(=O)C3CC3)CCC4)cc2)n1. The maximum absolute atomic E-state index is 13.0. The molecule has 0 saturated heterocycles. The number of fused-ring (bicyclic) bond motifs is 1. The Bertz CT molecular complexity index is 1290. The van der Waals surface area contributed by atoms with Crippen LogP contribution in [0.15, 0.2) is 53.4 Å². The van der Waals surface area contributed by atoms with E-state index in [0.29, 0.717) is 12.2 Å². The van der Waals surface area contributed by atoms with Gasteiger partial charge in [-0.15, -0.1) is 0 Å². The summed E-state index contributed by atoms with van der Waals surface area (Å²) in [6.07, 6.45) is 3.72. The molecule has 7 nitrogen and oxygen atoms in total. The lowest BCUT2D eigenvalue weighted by Gasteiger charge is -2.30. The van der Waals surface area contributed by atoms with Gasteiger partial charge in [-0.05, 0) is 87.6 Å². The molecule has 0 atom stereocenters. The fourth-order valence-corrected chi connectivity index (χ4v) is 5.34. The van der Waals surface area contributed by atoms with E-state index in [-0.39, 0.29) is 16.7 Å². The van der Waals surface area contributed by atoms with Gasteiger partial charge in [-0.25, -0.2) is 13.1 Å². The fourth-order valence-electron chi connectivity index (χ4n) is 4.29. The third-order valence-corrected chi connectivity index (χ3v) is 7.45. The zero-order chi connectivity index (χ0) is 22.5. The van der Waals surface area contributed by atoms with Crippen molar-refractivity contribution in [3.05, 3.63) is 65.5 Å². The zero-order valence-electron chi connectivity index (χ0n) is 18.2. The summed E-state index contributed by atoms with van der Waals surface area (Å²) in [5.41, 5.74) is 5.06. The van der Waals surface area contributed by atoms with Crippen LogP contribution >= 0.6 is 0 Å². The molecule has 1 aromatic heterocycles. The monoisotopic (exact) mass is 450 g/mol. The lowest BCUT2D eigenvalue weighted by molar-refractivity contribution is -0.119. The van der Waals surface area contributed by atoms with Crippen molar-refractivity contribution in [1.82, 2.24) is 9.78 Å². The number of carbonyl (C=O) groups excluding carboxylic acids is 1. The first-order chi connectivity index (χ1) is 15.3. The van der Waals surface area contributed by atoms with Gasteiger partial charge in [-0.3, -0.25) is 9.52 Å². The highest BCUT2D eigenvalue weighted by atomic mass is 32.2. The second kappa shape index (κ2) is 7.78. The molecule has 32 heavy (non-hydrogen) atoms. The van der Waals surface area contributed by atoms with Gasteiger partial charge in [0, 0.05) is 23.8 Å². The second-order valence-electron chi connectivity index (χ2n) is 8.65. The minimum atomic E-state index is -3.77. The van der Waals surface area contributed by atoms with Crippen molar-refractivity contribution in [2.24, 2.45) is 5.92 Å². The maximum Gasteiger partial charge on any atom is 0.261 e. The Morgan fingerprint density at radius 2 is 1.81 bits per heavy atom. The minimum Gasteiger partial charge on any atom is -0.312 e. The largest absolute Gasteiger partial charge is 0.312 e. The van der Waals surface area contributed by atoms with Crippen LogP contribution in [0.1, 0.15) is 36.2 Å². The molecule has 0 bridgehead atoms. The normalized spacial score (nSPS) is 16.0. The van der Waals surface area contributed by atoms with E-state index in [9.17, 15) is 13.2 Å². The van der Waals surface area contributed by atoms with Gasteiger partial charge < -0.3 is 4.90 Å². The Morgan fingerprint density at radius 3 is 2.47 bits per heavy atom. The quantitative estimate of drug-likeness (QED) is 0.637. The van der Waals surface area contributed by atoms with Crippen LogP contribution in [0.3, 0.4) is 0 Å². The van der Waals surface area contributed by atoms with Crippen LogP contribution in [0.5, 0.6) is 0 Å². The van der Waals surface area contributed by atoms with E-state index < -0.39 is 10.0 Å². The first-order valence-corrected chi connectivity index (χ1v) is 12.4. The van der Waals surface area contributed by atoms with Gasteiger partial charge in [-0.2, -0.15) is 5.10 Å². The number of aryl methyl sites for hydroxylation is 3. The molecule has 1 aliphatic carbocycles. The van der Waals surface area contributed by atoms with Gasteiger partial charge in [0.2, 0.25) is 5.91 Å². The van der Waals surface area contributed by atoms with Crippen molar-refractivity contribution in [3.8, 4) is 5.69 Å². The highest BCUT2D eigenvalue weighted by Gasteiger charge is 2.35. The number of nitrogens with zero attached hydrogens (tertiary/aromatic N) is 3. The van der Waals surface area contributed by atoms with Gasteiger partial charge in [0.25, 0.3) is 10.0 Å². The van der Waals surface area contributed by atoms with E-state index in [1.54, 1.807) is 41.1 Å². The van der Waals surface area contributed by atoms with E-state index >= 15 is 0 Å². The first-order valence-electron chi connectivity index (χ1n) is 10.9. The molecule has 2 aromatic carbocycles. The van der Waals surface area contributed by atoms with Gasteiger partial charge in [0.05, 0.1) is 22.0 Å². The van der Waals surface area contributed by atoms with Crippen LogP contribution in [0.25, 0.3) is 5.69 Å². The Morgan fingerprint density at radius 1 is 1.06 bits per heavy atom. The molecule has 5 rings (SSSR count). The van der Waals surface area contributed by atoms with Crippen molar-refractivity contribution in [2.75, 3.05) is 16.2 Å². The predicted molar refractivity (Wildman–Crippen MR) is 124 cm³/mol.